The van der Waals surface area contributed by atoms with E-state index >= 15 is 0 Å². The number of nitrogens with zero attached hydrogens (tertiary/aromatic N) is 1. The van der Waals surface area contributed by atoms with Gasteiger partial charge in [0.05, 0.1) is 5.69 Å². The molecule has 0 aliphatic rings. The highest BCUT2D eigenvalue weighted by Crippen LogP contribution is 2.15. The van der Waals surface area contributed by atoms with Gasteiger partial charge in [-0.1, -0.05) is 27.7 Å². The molecular weight excluding hydrogens is 188 g/mol. The highest BCUT2D eigenvalue weighted by Gasteiger charge is 2.09. The maximum absolute atomic E-state index is 5.53. The second-order valence-corrected chi connectivity index (χ2v) is 3.16. The third-order valence-corrected chi connectivity index (χ3v) is 2.04. The predicted molar refractivity (Wildman–Crippen MR) is 65.7 cm³/mol. The van der Waals surface area contributed by atoms with Crippen LogP contribution in [0.15, 0.2) is 6.07 Å². The van der Waals surface area contributed by atoms with E-state index in [9.17, 15) is 0 Å². The first kappa shape index (κ1) is 14.0. The fraction of sp³-hybridized carbons (Fsp3) is 0.727. The van der Waals surface area contributed by atoms with Gasteiger partial charge < -0.3 is 11.1 Å². The van der Waals surface area contributed by atoms with Crippen LogP contribution in [0.4, 0.5) is 5.82 Å². The van der Waals surface area contributed by atoms with E-state index < -0.39 is 0 Å². The summed E-state index contributed by atoms with van der Waals surface area (Å²) in [4.78, 5) is 0. The third-order valence-electron chi connectivity index (χ3n) is 2.04. The Morgan fingerprint density at radius 2 is 2.13 bits per heavy atom. The lowest BCUT2D eigenvalue weighted by atomic mass is 10.1. The lowest BCUT2D eigenvalue weighted by Gasteiger charge is -2.13. The average molecular weight is 212 g/mol. The van der Waals surface area contributed by atoms with Crippen LogP contribution in [0.1, 0.15) is 52.3 Å². The van der Waals surface area contributed by atoms with Crippen LogP contribution < -0.4 is 11.1 Å². The summed E-state index contributed by atoms with van der Waals surface area (Å²) in [7, 11) is 0. The van der Waals surface area contributed by atoms with E-state index in [1.807, 2.05) is 19.9 Å². The first-order chi connectivity index (χ1) is 7.27. The van der Waals surface area contributed by atoms with Crippen molar-refractivity contribution < 1.29 is 0 Å². The first-order valence-corrected chi connectivity index (χ1v) is 5.82. The smallest absolute Gasteiger partial charge is 0.145 e. The van der Waals surface area contributed by atoms with Gasteiger partial charge in [-0.05, 0) is 19.4 Å². The van der Waals surface area contributed by atoms with Crippen LogP contribution in [0.25, 0.3) is 0 Å². The summed E-state index contributed by atoms with van der Waals surface area (Å²) in [6.07, 6.45) is 2.18. The number of anilines is 1. The molecule has 4 nitrogen and oxygen atoms in total. The molecule has 4 heteroatoms. The van der Waals surface area contributed by atoms with Crippen molar-refractivity contribution in [2.24, 2.45) is 0 Å². The monoisotopic (exact) mass is 212 g/mol. The molecule has 0 aliphatic carbocycles. The number of hydrogen-bond acceptors (Lipinski definition) is 3. The van der Waals surface area contributed by atoms with Crippen LogP contribution >= 0.6 is 0 Å². The maximum atomic E-state index is 5.53. The Morgan fingerprint density at radius 1 is 1.47 bits per heavy atom. The molecule has 0 saturated heterocycles. The molecule has 0 amide bonds. The summed E-state index contributed by atoms with van der Waals surface area (Å²) < 4.78 is 0. The van der Waals surface area contributed by atoms with E-state index in [0.29, 0.717) is 11.9 Å². The number of aromatic nitrogens is 2. The van der Waals surface area contributed by atoms with Gasteiger partial charge in [0, 0.05) is 12.1 Å². The molecule has 0 radical (unpaired) electrons. The number of H-pyrrole nitrogens is 1. The molecular formula is C11H24N4. The maximum Gasteiger partial charge on any atom is 0.145 e. The topological polar surface area (TPSA) is 66.7 Å². The van der Waals surface area contributed by atoms with Gasteiger partial charge in [-0.2, -0.15) is 5.10 Å². The second kappa shape index (κ2) is 8.29. The Bertz CT molecular complexity index is 244. The molecule has 0 bridgehead atoms. The Morgan fingerprint density at radius 3 is 2.53 bits per heavy atom. The summed E-state index contributed by atoms with van der Waals surface area (Å²) in [5.41, 5.74) is 6.61. The van der Waals surface area contributed by atoms with Crippen LogP contribution in [0.2, 0.25) is 0 Å². The van der Waals surface area contributed by atoms with Crippen molar-refractivity contribution in [3.05, 3.63) is 11.8 Å². The largest absolute Gasteiger partial charge is 0.382 e. The van der Waals surface area contributed by atoms with Gasteiger partial charge >= 0.3 is 0 Å². The van der Waals surface area contributed by atoms with Crippen molar-refractivity contribution in [2.45, 2.75) is 46.6 Å². The Labute approximate surface area is 92.6 Å². The molecule has 1 rings (SSSR count). The molecule has 0 spiro atoms. The zero-order valence-corrected chi connectivity index (χ0v) is 10.3. The van der Waals surface area contributed by atoms with Gasteiger partial charge in [0.1, 0.15) is 5.82 Å². The Kier molecular flexibility index (Phi) is 7.72. The van der Waals surface area contributed by atoms with E-state index in [1.165, 1.54) is 0 Å². The van der Waals surface area contributed by atoms with Crippen LogP contribution in [0, 0.1) is 0 Å². The molecule has 1 atom stereocenters. The molecule has 1 aromatic rings. The highest BCUT2D eigenvalue weighted by molar-refractivity contribution is 5.29. The SMILES string of the molecule is CC.CCCNC(CC)c1cc(N)n[nH]1. The summed E-state index contributed by atoms with van der Waals surface area (Å²) >= 11 is 0. The second-order valence-electron chi connectivity index (χ2n) is 3.16. The zero-order chi connectivity index (χ0) is 11.7. The molecule has 88 valence electrons. The Hall–Kier alpha value is -1.03. The molecule has 15 heavy (non-hydrogen) atoms. The van der Waals surface area contributed by atoms with Gasteiger partial charge in [-0.15, -0.1) is 0 Å². The van der Waals surface area contributed by atoms with Crippen molar-refractivity contribution in [3.8, 4) is 0 Å². The van der Waals surface area contributed by atoms with Crippen molar-refractivity contribution >= 4 is 5.82 Å². The molecule has 0 aliphatic heterocycles. The van der Waals surface area contributed by atoms with Crippen molar-refractivity contribution in [3.63, 3.8) is 0 Å². The normalized spacial score (nSPS) is 11.7. The predicted octanol–water partition coefficient (Wildman–Crippen LogP) is 2.47. The van der Waals surface area contributed by atoms with Gasteiger partial charge in [-0.25, -0.2) is 0 Å². The zero-order valence-electron chi connectivity index (χ0n) is 10.3. The molecule has 1 unspecified atom stereocenters. The number of nitrogen functional groups attached to an aromatic ring is 1. The van der Waals surface area contributed by atoms with Crippen molar-refractivity contribution in [1.82, 2.24) is 15.5 Å². The van der Waals surface area contributed by atoms with Crippen LogP contribution in [0.5, 0.6) is 0 Å². The van der Waals surface area contributed by atoms with Crippen molar-refractivity contribution in [1.29, 1.82) is 0 Å². The van der Waals surface area contributed by atoms with E-state index in [4.69, 9.17) is 5.73 Å². The number of aromatic amines is 1. The lowest BCUT2D eigenvalue weighted by molar-refractivity contribution is 0.506. The lowest BCUT2D eigenvalue weighted by Crippen LogP contribution is -2.21. The number of nitrogens with one attached hydrogen (secondary N) is 2. The van der Waals surface area contributed by atoms with E-state index in [2.05, 4.69) is 29.4 Å². The van der Waals surface area contributed by atoms with Gasteiger partial charge in [0.15, 0.2) is 0 Å². The molecule has 0 fully saturated rings. The average Bonchev–Trinajstić information content (AvgIpc) is 2.69. The standard InChI is InChI=1S/C9H18N4.C2H6/c1-3-5-11-7(4-2)8-6-9(10)13-12-8;1-2/h6-7,11H,3-5H2,1-2H3,(H3,10,12,13);1-2H3. The van der Waals surface area contributed by atoms with Gasteiger partial charge in [0.2, 0.25) is 0 Å². The third kappa shape index (κ3) is 4.83. The summed E-state index contributed by atoms with van der Waals surface area (Å²) in [6, 6.07) is 2.24. The summed E-state index contributed by atoms with van der Waals surface area (Å²) in [5.74, 6) is 0.562. The summed E-state index contributed by atoms with van der Waals surface area (Å²) in [5, 5.41) is 10.3. The first-order valence-electron chi connectivity index (χ1n) is 5.82. The molecule has 0 aromatic carbocycles. The fourth-order valence-corrected chi connectivity index (χ4v) is 1.32. The van der Waals surface area contributed by atoms with Crippen LogP contribution in [-0.2, 0) is 0 Å². The molecule has 4 N–H and O–H groups in total. The molecule has 0 saturated carbocycles. The molecule has 1 heterocycles. The molecule has 1 aromatic heterocycles. The summed E-state index contributed by atoms with van der Waals surface area (Å²) in [6.45, 7) is 9.32. The van der Waals surface area contributed by atoms with E-state index in [1.54, 1.807) is 0 Å². The van der Waals surface area contributed by atoms with E-state index in [0.717, 1.165) is 25.1 Å². The van der Waals surface area contributed by atoms with E-state index in [-0.39, 0.29) is 0 Å². The minimum atomic E-state index is 0.352. The number of nitrogens with two attached hydrogens (primary N) is 1. The number of hydrogen-bond donors (Lipinski definition) is 3. The van der Waals surface area contributed by atoms with Gasteiger partial charge in [0.25, 0.3) is 0 Å². The minimum Gasteiger partial charge on any atom is -0.382 e. The highest BCUT2D eigenvalue weighted by atomic mass is 15.2. The minimum absolute atomic E-state index is 0.352. The van der Waals surface area contributed by atoms with Crippen LogP contribution in [0.3, 0.4) is 0 Å². The van der Waals surface area contributed by atoms with Crippen molar-refractivity contribution in [2.75, 3.05) is 12.3 Å². The fourth-order valence-electron chi connectivity index (χ4n) is 1.32. The van der Waals surface area contributed by atoms with Crippen LogP contribution in [-0.4, -0.2) is 16.7 Å². The quantitative estimate of drug-likeness (QED) is 0.702. The van der Waals surface area contributed by atoms with Gasteiger partial charge in [-0.3, -0.25) is 5.10 Å². The Balaban J connectivity index is 0.000000921. The number of rotatable bonds is 5.